The molecule has 3 aliphatic rings. The van der Waals surface area contributed by atoms with Gasteiger partial charge in [0.05, 0.1) is 6.61 Å². The van der Waals surface area contributed by atoms with Gasteiger partial charge in [-0.05, 0) is 49.9 Å². The molecule has 2 saturated carbocycles. The van der Waals surface area contributed by atoms with Crippen LogP contribution in [0.4, 0.5) is 0 Å². The maximum Gasteiger partial charge on any atom is 0.0531 e. The zero-order chi connectivity index (χ0) is 10.3. The Morgan fingerprint density at radius 1 is 1.27 bits per heavy atom. The topological polar surface area (TPSA) is 9.23 Å². The van der Waals surface area contributed by atoms with Crippen molar-refractivity contribution < 1.29 is 4.74 Å². The normalized spacial score (nSPS) is 49.0. The maximum absolute atomic E-state index is 5.61. The Hall–Kier alpha value is 0.440. The molecule has 0 spiro atoms. The van der Waals surface area contributed by atoms with E-state index in [4.69, 9.17) is 4.74 Å². The summed E-state index contributed by atoms with van der Waals surface area (Å²) in [6, 6.07) is 0. The average molecular weight is 273 g/mol. The summed E-state index contributed by atoms with van der Waals surface area (Å²) in [5, 5.41) is 1.15. The van der Waals surface area contributed by atoms with Crippen LogP contribution >= 0.6 is 15.9 Å². The van der Waals surface area contributed by atoms with Crippen LogP contribution in [-0.2, 0) is 4.74 Å². The van der Waals surface area contributed by atoms with Gasteiger partial charge in [0, 0.05) is 17.4 Å². The van der Waals surface area contributed by atoms with Crippen molar-refractivity contribution in [3.8, 4) is 0 Å². The van der Waals surface area contributed by atoms with Crippen LogP contribution in [0.5, 0.6) is 0 Å². The van der Waals surface area contributed by atoms with Crippen molar-refractivity contribution in [2.45, 2.75) is 38.5 Å². The Labute approximate surface area is 101 Å². The number of rotatable bonds is 3. The molecule has 4 unspecified atom stereocenters. The number of hydrogen-bond donors (Lipinski definition) is 0. The quantitative estimate of drug-likeness (QED) is 0.714. The second kappa shape index (κ2) is 4.03. The predicted octanol–water partition coefficient (Wildman–Crippen LogP) is 3.61. The molecule has 3 fully saturated rings. The first-order valence-electron chi connectivity index (χ1n) is 6.45. The number of hydrogen-bond acceptors (Lipinski definition) is 1. The van der Waals surface area contributed by atoms with Gasteiger partial charge in [-0.25, -0.2) is 0 Å². The monoisotopic (exact) mass is 272 g/mol. The molecule has 4 atom stereocenters. The van der Waals surface area contributed by atoms with E-state index in [-0.39, 0.29) is 0 Å². The fourth-order valence-corrected chi connectivity index (χ4v) is 4.82. The first-order valence-corrected chi connectivity index (χ1v) is 7.57. The van der Waals surface area contributed by atoms with E-state index in [0.717, 1.165) is 36.3 Å². The minimum Gasteiger partial charge on any atom is -0.381 e. The number of ether oxygens (including phenoxy) is 1. The molecule has 0 aromatic heterocycles. The summed E-state index contributed by atoms with van der Waals surface area (Å²) in [5.74, 6) is 3.20. The van der Waals surface area contributed by atoms with Gasteiger partial charge in [-0.15, -0.1) is 0 Å². The summed E-state index contributed by atoms with van der Waals surface area (Å²) < 4.78 is 5.61. The number of halogens is 1. The summed E-state index contributed by atoms with van der Waals surface area (Å²) in [4.78, 5) is 0. The van der Waals surface area contributed by atoms with E-state index in [9.17, 15) is 0 Å². The van der Waals surface area contributed by atoms with Crippen LogP contribution in [0.1, 0.15) is 38.5 Å². The van der Waals surface area contributed by atoms with Gasteiger partial charge in [0.15, 0.2) is 0 Å². The standard InChI is InChI=1S/C13H21BrO/c14-8-13(3-4-15-9-13)7-12-6-10-1-2-11(12)5-10/h10-12H,1-9H2. The number of fused-ring (bicyclic) bond motifs is 2. The third-order valence-electron chi connectivity index (χ3n) is 5.05. The smallest absolute Gasteiger partial charge is 0.0531 e. The minimum atomic E-state index is 0.495. The summed E-state index contributed by atoms with van der Waals surface area (Å²) in [6.45, 7) is 2.00. The first kappa shape index (κ1) is 10.6. The Morgan fingerprint density at radius 3 is 2.73 bits per heavy atom. The van der Waals surface area contributed by atoms with Gasteiger partial charge in [-0.2, -0.15) is 0 Å². The van der Waals surface area contributed by atoms with Crippen molar-refractivity contribution in [3.63, 3.8) is 0 Å². The second-order valence-electron chi connectivity index (χ2n) is 6.08. The van der Waals surface area contributed by atoms with Crippen LogP contribution in [0.15, 0.2) is 0 Å². The molecule has 86 valence electrons. The zero-order valence-electron chi connectivity index (χ0n) is 9.38. The lowest BCUT2D eigenvalue weighted by molar-refractivity contribution is 0.135. The van der Waals surface area contributed by atoms with E-state index < -0.39 is 0 Å². The SMILES string of the molecule is BrCC1(CC2CC3CCC2C3)CCOC1. The molecule has 0 amide bonds. The fourth-order valence-electron chi connectivity index (χ4n) is 4.15. The molecule has 0 aromatic carbocycles. The van der Waals surface area contributed by atoms with E-state index in [1.807, 2.05) is 0 Å². The van der Waals surface area contributed by atoms with Crippen LogP contribution in [-0.4, -0.2) is 18.5 Å². The third kappa shape index (κ3) is 1.88. The van der Waals surface area contributed by atoms with Crippen molar-refractivity contribution >= 4 is 15.9 Å². The minimum absolute atomic E-state index is 0.495. The molecule has 15 heavy (non-hydrogen) atoms. The van der Waals surface area contributed by atoms with Crippen molar-refractivity contribution in [2.75, 3.05) is 18.5 Å². The lowest BCUT2D eigenvalue weighted by Crippen LogP contribution is -2.28. The molecule has 3 rings (SSSR count). The molecule has 0 N–H and O–H groups in total. The summed E-state index contributed by atoms with van der Waals surface area (Å²) in [5.41, 5.74) is 0.495. The fraction of sp³-hybridized carbons (Fsp3) is 1.00. The second-order valence-corrected chi connectivity index (χ2v) is 6.64. The molecule has 0 radical (unpaired) electrons. The average Bonchev–Trinajstić information content (AvgIpc) is 2.93. The van der Waals surface area contributed by atoms with Crippen LogP contribution in [0.3, 0.4) is 0 Å². The van der Waals surface area contributed by atoms with Crippen LogP contribution in [0, 0.1) is 23.2 Å². The van der Waals surface area contributed by atoms with Crippen molar-refractivity contribution in [1.82, 2.24) is 0 Å². The molecule has 1 heterocycles. The van der Waals surface area contributed by atoms with Gasteiger partial charge in [0.2, 0.25) is 0 Å². The van der Waals surface area contributed by atoms with Gasteiger partial charge >= 0.3 is 0 Å². The lowest BCUT2D eigenvalue weighted by Gasteiger charge is -2.32. The molecular formula is C13H21BrO. The summed E-state index contributed by atoms with van der Waals surface area (Å²) in [6.07, 6.45) is 8.84. The molecule has 0 aromatic rings. The highest BCUT2D eigenvalue weighted by atomic mass is 79.9. The van der Waals surface area contributed by atoms with E-state index in [0.29, 0.717) is 5.41 Å². The van der Waals surface area contributed by atoms with Crippen LogP contribution in [0.2, 0.25) is 0 Å². The molecule has 2 bridgehead atoms. The van der Waals surface area contributed by atoms with Crippen molar-refractivity contribution in [2.24, 2.45) is 23.2 Å². The van der Waals surface area contributed by atoms with Gasteiger partial charge in [-0.3, -0.25) is 0 Å². The van der Waals surface area contributed by atoms with E-state index >= 15 is 0 Å². The highest BCUT2D eigenvalue weighted by molar-refractivity contribution is 9.09. The first-order chi connectivity index (χ1) is 7.31. The third-order valence-corrected chi connectivity index (χ3v) is 6.24. The summed E-state index contributed by atoms with van der Waals surface area (Å²) in [7, 11) is 0. The van der Waals surface area contributed by atoms with E-state index in [1.54, 1.807) is 6.42 Å². The molecule has 2 aliphatic carbocycles. The van der Waals surface area contributed by atoms with Gasteiger partial charge in [0.25, 0.3) is 0 Å². The highest BCUT2D eigenvalue weighted by Gasteiger charge is 2.44. The molecule has 1 aliphatic heterocycles. The van der Waals surface area contributed by atoms with Crippen LogP contribution in [0.25, 0.3) is 0 Å². The molecule has 1 nitrogen and oxygen atoms in total. The lowest BCUT2D eigenvalue weighted by atomic mass is 9.74. The molecular weight excluding hydrogens is 252 g/mol. The number of alkyl halides is 1. The predicted molar refractivity (Wildman–Crippen MR) is 65.2 cm³/mol. The maximum atomic E-state index is 5.61. The Kier molecular flexibility index (Phi) is 2.84. The van der Waals surface area contributed by atoms with Crippen molar-refractivity contribution in [3.05, 3.63) is 0 Å². The summed E-state index contributed by atoms with van der Waals surface area (Å²) >= 11 is 3.71. The van der Waals surface area contributed by atoms with E-state index in [2.05, 4.69) is 15.9 Å². The van der Waals surface area contributed by atoms with E-state index in [1.165, 1.54) is 32.1 Å². The Morgan fingerprint density at radius 2 is 2.20 bits per heavy atom. The molecule has 2 heteroatoms. The van der Waals surface area contributed by atoms with Gasteiger partial charge < -0.3 is 4.74 Å². The largest absolute Gasteiger partial charge is 0.381 e. The highest BCUT2D eigenvalue weighted by Crippen LogP contribution is 2.53. The van der Waals surface area contributed by atoms with Gasteiger partial charge in [-0.1, -0.05) is 22.4 Å². The Balaban J connectivity index is 1.64. The molecule has 1 saturated heterocycles. The Bertz CT molecular complexity index is 235. The van der Waals surface area contributed by atoms with Crippen molar-refractivity contribution in [1.29, 1.82) is 0 Å². The van der Waals surface area contributed by atoms with Crippen LogP contribution < -0.4 is 0 Å². The zero-order valence-corrected chi connectivity index (χ0v) is 11.0. The van der Waals surface area contributed by atoms with Gasteiger partial charge in [0.1, 0.15) is 0 Å².